The van der Waals surface area contributed by atoms with Crippen LogP contribution in [0.3, 0.4) is 0 Å². The molecule has 0 aliphatic carbocycles. The van der Waals surface area contributed by atoms with Crippen LogP contribution in [0.15, 0.2) is 35.5 Å². The highest BCUT2D eigenvalue weighted by atomic mass is 32.1. The summed E-state index contributed by atoms with van der Waals surface area (Å²) in [5.41, 5.74) is 0.691. The molecular formula is C16H15FN2OS. The number of nitrogens with zero attached hydrogens (tertiary/aromatic N) is 1. The summed E-state index contributed by atoms with van der Waals surface area (Å²) < 4.78 is 13.6. The standard InChI is InChI=1S/C16H15FN2OS/c1-9-14(10(2)20)16(3,13(8-18)15(21)19-9)11-5-4-6-12(17)7-11/h4-7,13H,1-3H3,(H,19,21). The molecule has 2 atom stereocenters. The Labute approximate surface area is 128 Å². The first-order valence-electron chi connectivity index (χ1n) is 6.51. The van der Waals surface area contributed by atoms with Crippen molar-refractivity contribution in [1.29, 1.82) is 5.26 Å². The number of hydrogen-bond donors (Lipinski definition) is 1. The van der Waals surface area contributed by atoms with Crippen molar-refractivity contribution < 1.29 is 9.18 Å². The summed E-state index contributed by atoms with van der Waals surface area (Å²) in [6, 6.07) is 8.13. The van der Waals surface area contributed by atoms with Crippen LogP contribution in [0.2, 0.25) is 0 Å². The maximum Gasteiger partial charge on any atom is 0.158 e. The van der Waals surface area contributed by atoms with E-state index in [1.165, 1.54) is 19.1 Å². The van der Waals surface area contributed by atoms with Crippen LogP contribution in [0.4, 0.5) is 4.39 Å². The molecule has 0 saturated heterocycles. The molecule has 1 aliphatic heterocycles. The zero-order valence-corrected chi connectivity index (χ0v) is 12.8. The van der Waals surface area contributed by atoms with Crippen molar-refractivity contribution in [3.8, 4) is 6.07 Å². The molecule has 5 heteroatoms. The Morgan fingerprint density at radius 2 is 2.19 bits per heavy atom. The number of carbonyl (C=O) groups is 1. The Kier molecular flexibility index (Phi) is 3.93. The van der Waals surface area contributed by atoms with Gasteiger partial charge in [-0.3, -0.25) is 4.79 Å². The molecular weight excluding hydrogens is 287 g/mol. The molecule has 1 N–H and O–H groups in total. The second kappa shape index (κ2) is 5.38. The Hall–Kier alpha value is -2.06. The van der Waals surface area contributed by atoms with Gasteiger partial charge in [-0.1, -0.05) is 24.4 Å². The molecule has 0 fully saturated rings. The molecule has 0 aromatic heterocycles. The van der Waals surface area contributed by atoms with Crippen LogP contribution >= 0.6 is 12.2 Å². The number of ketones is 1. The topological polar surface area (TPSA) is 52.9 Å². The molecule has 3 nitrogen and oxygen atoms in total. The van der Waals surface area contributed by atoms with Gasteiger partial charge in [-0.25, -0.2) is 4.39 Å². The van der Waals surface area contributed by atoms with E-state index in [9.17, 15) is 14.4 Å². The Balaban J connectivity index is 2.80. The summed E-state index contributed by atoms with van der Waals surface area (Å²) in [5.74, 6) is -1.29. The number of carbonyl (C=O) groups excluding carboxylic acids is 1. The van der Waals surface area contributed by atoms with Gasteiger partial charge in [0.2, 0.25) is 0 Å². The van der Waals surface area contributed by atoms with Crippen molar-refractivity contribution in [2.75, 3.05) is 0 Å². The number of allylic oxidation sites excluding steroid dienone is 2. The Morgan fingerprint density at radius 3 is 2.71 bits per heavy atom. The molecule has 0 bridgehead atoms. The van der Waals surface area contributed by atoms with E-state index >= 15 is 0 Å². The third-order valence-electron chi connectivity index (χ3n) is 3.95. The van der Waals surface area contributed by atoms with Gasteiger partial charge < -0.3 is 5.32 Å². The monoisotopic (exact) mass is 302 g/mol. The summed E-state index contributed by atoms with van der Waals surface area (Å²) in [5, 5.41) is 12.4. The van der Waals surface area contributed by atoms with E-state index in [-0.39, 0.29) is 5.78 Å². The number of halogens is 1. The molecule has 2 rings (SSSR count). The minimum absolute atomic E-state index is 0.158. The van der Waals surface area contributed by atoms with Crippen LogP contribution in [0.5, 0.6) is 0 Å². The maximum atomic E-state index is 13.6. The zero-order chi connectivity index (χ0) is 15.8. The fourth-order valence-electron chi connectivity index (χ4n) is 3.06. The van der Waals surface area contributed by atoms with Gasteiger partial charge in [0.25, 0.3) is 0 Å². The van der Waals surface area contributed by atoms with E-state index in [4.69, 9.17) is 12.2 Å². The van der Waals surface area contributed by atoms with Crippen LogP contribution in [-0.4, -0.2) is 10.8 Å². The number of rotatable bonds is 2. The minimum Gasteiger partial charge on any atom is -0.352 e. The first-order valence-corrected chi connectivity index (χ1v) is 6.92. The molecule has 108 valence electrons. The summed E-state index contributed by atoms with van der Waals surface area (Å²) in [6.45, 7) is 4.96. The van der Waals surface area contributed by atoms with Gasteiger partial charge >= 0.3 is 0 Å². The van der Waals surface area contributed by atoms with Gasteiger partial charge in [0.15, 0.2) is 5.78 Å². The van der Waals surface area contributed by atoms with Gasteiger partial charge in [-0.05, 0) is 38.5 Å². The van der Waals surface area contributed by atoms with Crippen LogP contribution < -0.4 is 5.32 Å². The van der Waals surface area contributed by atoms with Gasteiger partial charge in [-0.2, -0.15) is 5.26 Å². The lowest BCUT2D eigenvalue weighted by Crippen LogP contribution is -2.49. The lowest BCUT2D eigenvalue weighted by molar-refractivity contribution is -0.114. The fraction of sp³-hybridized carbons (Fsp3) is 0.312. The van der Waals surface area contributed by atoms with E-state index in [1.54, 1.807) is 26.0 Å². The second-order valence-corrected chi connectivity index (χ2v) is 5.76. The molecule has 1 aromatic carbocycles. The van der Waals surface area contributed by atoms with E-state index < -0.39 is 17.2 Å². The Bertz CT molecular complexity index is 704. The third kappa shape index (κ3) is 2.36. The van der Waals surface area contributed by atoms with Crippen molar-refractivity contribution in [2.45, 2.75) is 26.2 Å². The molecule has 2 unspecified atom stereocenters. The zero-order valence-electron chi connectivity index (χ0n) is 12.0. The largest absolute Gasteiger partial charge is 0.352 e. The number of hydrogen-bond acceptors (Lipinski definition) is 3. The fourth-order valence-corrected chi connectivity index (χ4v) is 3.50. The maximum absolute atomic E-state index is 13.6. The normalized spacial score (nSPS) is 25.3. The Morgan fingerprint density at radius 1 is 1.52 bits per heavy atom. The van der Waals surface area contributed by atoms with E-state index in [0.29, 0.717) is 21.8 Å². The highest BCUT2D eigenvalue weighted by Gasteiger charge is 2.47. The average Bonchev–Trinajstić information content (AvgIpc) is 2.37. The molecule has 21 heavy (non-hydrogen) atoms. The lowest BCUT2D eigenvalue weighted by Gasteiger charge is -2.41. The van der Waals surface area contributed by atoms with Crippen molar-refractivity contribution in [2.24, 2.45) is 5.92 Å². The molecule has 0 amide bonds. The molecule has 0 radical (unpaired) electrons. The van der Waals surface area contributed by atoms with E-state index in [0.717, 1.165) is 0 Å². The molecule has 1 aromatic rings. The first kappa shape index (κ1) is 15.3. The van der Waals surface area contributed by atoms with Gasteiger partial charge in [0, 0.05) is 16.7 Å². The van der Waals surface area contributed by atoms with E-state index in [2.05, 4.69) is 11.4 Å². The summed E-state index contributed by atoms with van der Waals surface area (Å²) >= 11 is 5.25. The van der Waals surface area contributed by atoms with Crippen LogP contribution in [0.25, 0.3) is 0 Å². The number of nitriles is 1. The number of benzene rings is 1. The summed E-state index contributed by atoms with van der Waals surface area (Å²) in [4.78, 5) is 12.5. The third-order valence-corrected chi connectivity index (χ3v) is 4.29. The predicted molar refractivity (Wildman–Crippen MR) is 82.0 cm³/mol. The van der Waals surface area contributed by atoms with Crippen LogP contribution in [0, 0.1) is 23.1 Å². The average molecular weight is 302 g/mol. The summed E-state index contributed by atoms with van der Waals surface area (Å²) in [6.07, 6.45) is 0. The highest BCUT2D eigenvalue weighted by Crippen LogP contribution is 2.43. The SMILES string of the molecule is CC(=O)C1=C(C)NC(=S)C(C#N)C1(C)c1cccc(F)c1. The predicted octanol–water partition coefficient (Wildman–Crippen LogP) is 3.02. The van der Waals surface area contributed by atoms with Gasteiger partial charge in [-0.15, -0.1) is 0 Å². The molecule has 0 saturated carbocycles. The van der Waals surface area contributed by atoms with Crippen LogP contribution in [0.1, 0.15) is 26.3 Å². The minimum atomic E-state index is -0.963. The van der Waals surface area contributed by atoms with Gasteiger partial charge in [0.05, 0.1) is 11.1 Å². The first-order chi connectivity index (χ1) is 9.82. The molecule has 0 spiro atoms. The lowest BCUT2D eigenvalue weighted by atomic mass is 9.64. The van der Waals surface area contributed by atoms with Crippen molar-refractivity contribution in [3.63, 3.8) is 0 Å². The number of thiocarbonyl (C=S) groups is 1. The quantitative estimate of drug-likeness (QED) is 0.853. The second-order valence-electron chi connectivity index (χ2n) is 5.32. The van der Waals surface area contributed by atoms with Crippen molar-refractivity contribution in [1.82, 2.24) is 5.32 Å². The molecule has 1 heterocycles. The highest BCUT2D eigenvalue weighted by molar-refractivity contribution is 7.80. The molecule has 1 aliphatic rings. The number of Topliss-reactive ketones (excluding diaryl/α,β-unsaturated/α-hetero) is 1. The van der Waals surface area contributed by atoms with Crippen LogP contribution in [-0.2, 0) is 10.2 Å². The van der Waals surface area contributed by atoms with Gasteiger partial charge in [0.1, 0.15) is 11.7 Å². The smallest absolute Gasteiger partial charge is 0.158 e. The number of nitrogens with one attached hydrogen (secondary N) is 1. The summed E-state index contributed by atoms with van der Waals surface area (Å²) in [7, 11) is 0. The van der Waals surface area contributed by atoms with E-state index in [1.807, 2.05) is 0 Å². The van der Waals surface area contributed by atoms with Crippen molar-refractivity contribution in [3.05, 3.63) is 46.9 Å². The van der Waals surface area contributed by atoms with Crippen molar-refractivity contribution >= 4 is 23.0 Å².